The Bertz CT molecular complexity index is 688. The minimum Gasteiger partial charge on any atom is -0.352 e. The minimum atomic E-state index is 0. The summed E-state index contributed by atoms with van der Waals surface area (Å²) >= 11 is 1.73. The lowest BCUT2D eigenvalue weighted by molar-refractivity contribution is 0.296. The Hall–Kier alpha value is -1.19. The number of nitrogens with zero attached hydrogens (tertiary/aromatic N) is 3. The molecule has 0 aliphatic carbocycles. The molecule has 0 bridgehead atoms. The predicted molar refractivity (Wildman–Crippen MR) is 127 cm³/mol. The fourth-order valence-electron chi connectivity index (χ4n) is 2.65. The maximum absolute atomic E-state index is 4.55. The molecule has 0 atom stereocenters. The first-order valence-electron chi connectivity index (χ1n) is 9.23. The number of aliphatic imine (C=N–C) groups is 1. The highest BCUT2D eigenvalue weighted by molar-refractivity contribution is 14.0. The predicted octanol–water partition coefficient (Wildman–Crippen LogP) is 4.08. The first-order chi connectivity index (χ1) is 12.5. The summed E-state index contributed by atoms with van der Waals surface area (Å²) in [5.74, 6) is 0.794. The van der Waals surface area contributed by atoms with Crippen molar-refractivity contribution in [3.63, 3.8) is 0 Å². The Labute approximate surface area is 184 Å². The molecular weight excluding hydrogens is 469 g/mol. The zero-order valence-corrected chi connectivity index (χ0v) is 20.1. The van der Waals surface area contributed by atoms with Crippen molar-refractivity contribution in [1.82, 2.24) is 20.5 Å². The van der Waals surface area contributed by atoms with Gasteiger partial charge < -0.3 is 10.6 Å². The van der Waals surface area contributed by atoms with Gasteiger partial charge in [0.15, 0.2) is 5.96 Å². The lowest BCUT2D eigenvalue weighted by Gasteiger charge is -2.18. The third kappa shape index (κ3) is 7.75. The highest BCUT2D eigenvalue weighted by atomic mass is 127. The van der Waals surface area contributed by atoms with Gasteiger partial charge in [-0.1, -0.05) is 38.1 Å². The first kappa shape index (κ1) is 23.8. The van der Waals surface area contributed by atoms with E-state index in [0.29, 0.717) is 6.54 Å². The Kier molecular flexibility index (Phi) is 10.9. The van der Waals surface area contributed by atoms with Crippen LogP contribution in [0.25, 0.3) is 0 Å². The van der Waals surface area contributed by atoms with Gasteiger partial charge in [-0.15, -0.1) is 35.3 Å². The van der Waals surface area contributed by atoms with Crippen LogP contribution in [-0.4, -0.2) is 36.0 Å². The largest absolute Gasteiger partial charge is 0.352 e. The molecule has 0 saturated heterocycles. The Morgan fingerprint density at radius 2 is 1.63 bits per heavy atom. The molecule has 0 saturated carbocycles. The fraction of sp³-hybridized carbons (Fsp3) is 0.500. The number of guanidine groups is 1. The summed E-state index contributed by atoms with van der Waals surface area (Å²) in [6, 6.07) is 8.80. The fourth-order valence-corrected chi connectivity index (χ4v) is 3.52. The molecule has 0 unspecified atom stereocenters. The zero-order chi connectivity index (χ0) is 18.9. The average Bonchev–Trinajstić information content (AvgIpc) is 2.98. The first-order valence-corrected chi connectivity index (χ1v) is 10.0. The zero-order valence-electron chi connectivity index (χ0n) is 17.0. The molecule has 0 fully saturated rings. The lowest BCUT2D eigenvalue weighted by Crippen LogP contribution is -2.36. The SMILES string of the molecule is CCN(CC)Cc1ccc(CNC(=NC)NCc2nc(C)c(C)s2)cc1.I. The number of hydrogen-bond acceptors (Lipinski definition) is 4. The molecule has 0 amide bonds. The molecule has 5 nitrogen and oxygen atoms in total. The highest BCUT2D eigenvalue weighted by Gasteiger charge is 2.05. The van der Waals surface area contributed by atoms with Crippen LogP contribution in [0.1, 0.15) is 40.6 Å². The van der Waals surface area contributed by atoms with E-state index in [0.717, 1.165) is 42.8 Å². The van der Waals surface area contributed by atoms with Gasteiger partial charge in [-0.25, -0.2) is 4.98 Å². The van der Waals surface area contributed by atoms with E-state index in [1.807, 2.05) is 6.92 Å². The normalized spacial score (nSPS) is 11.4. The van der Waals surface area contributed by atoms with Gasteiger partial charge in [0.1, 0.15) is 5.01 Å². The van der Waals surface area contributed by atoms with Crippen molar-refractivity contribution < 1.29 is 0 Å². The molecule has 1 aromatic heterocycles. The van der Waals surface area contributed by atoms with Gasteiger partial charge in [-0.3, -0.25) is 9.89 Å². The number of aromatic nitrogens is 1. The number of thiazole rings is 1. The molecule has 2 N–H and O–H groups in total. The Balaban J connectivity index is 0.00000364. The third-order valence-electron chi connectivity index (χ3n) is 4.49. The molecular formula is C20H32IN5S. The second-order valence-electron chi connectivity index (χ2n) is 6.31. The lowest BCUT2D eigenvalue weighted by atomic mass is 10.1. The van der Waals surface area contributed by atoms with Crippen molar-refractivity contribution in [2.24, 2.45) is 4.99 Å². The second kappa shape index (κ2) is 12.3. The summed E-state index contributed by atoms with van der Waals surface area (Å²) in [5.41, 5.74) is 3.71. The van der Waals surface area contributed by atoms with E-state index in [2.05, 4.69) is 70.5 Å². The van der Waals surface area contributed by atoms with E-state index in [4.69, 9.17) is 0 Å². The van der Waals surface area contributed by atoms with E-state index in [9.17, 15) is 0 Å². The van der Waals surface area contributed by atoms with Crippen molar-refractivity contribution in [3.05, 3.63) is 51.0 Å². The molecule has 7 heteroatoms. The van der Waals surface area contributed by atoms with Crippen LogP contribution in [0.3, 0.4) is 0 Å². The van der Waals surface area contributed by atoms with Crippen molar-refractivity contribution in [2.45, 2.75) is 47.3 Å². The number of benzene rings is 1. The topological polar surface area (TPSA) is 52.5 Å². The number of rotatable bonds is 8. The number of aryl methyl sites for hydroxylation is 2. The van der Waals surface area contributed by atoms with Gasteiger partial charge >= 0.3 is 0 Å². The van der Waals surface area contributed by atoms with E-state index in [1.54, 1.807) is 18.4 Å². The van der Waals surface area contributed by atoms with E-state index in [-0.39, 0.29) is 24.0 Å². The summed E-state index contributed by atoms with van der Waals surface area (Å²) in [4.78, 5) is 12.5. The molecule has 0 aliphatic rings. The molecule has 150 valence electrons. The van der Waals surface area contributed by atoms with Crippen molar-refractivity contribution in [2.75, 3.05) is 20.1 Å². The number of nitrogens with one attached hydrogen (secondary N) is 2. The smallest absolute Gasteiger partial charge is 0.191 e. The van der Waals surface area contributed by atoms with Crippen molar-refractivity contribution >= 4 is 41.3 Å². The van der Waals surface area contributed by atoms with Gasteiger partial charge in [0.2, 0.25) is 0 Å². The van der Waals surface area contributed by atoms with Crippen LogP contribution < -0.4 is 10.6 Å². The van der Waals surface area contributed by atoms with Gasteiger partial charge in [0.05, 0.1) is 12.2 Å². The highest BCUT2D eigenvalue weighted by Crippen LogP contribution is 2.15. The van der Waals surface area contributed by atoms with Crippen molar-refractivity contribution in [3.8, 4) is 0 Å². The summed E-state index contributed by atoms with van der Waals surface area (Å²) < 4.78 is 0. The van der Waals surface area contributed by atoms with Crippen LogP contribution in [0.15, 0.2) is 29.3 Å². The van der Waals surface area contributed by atoms with Crippen LogP contribution in [0.5, 0.6) is 0 Å². The Morgan fingerprint density at radius 1 is 1.04 bits per heavy atom. The summed E-state index contributed by atoms with van der Waals surface area (Å²) in [6.45, 7) is 13.2. The molecule has 2 aromatic rings. The Morgan fingerprint density at radius 3 is 2.15 bits per heavy atom. The van der Waals surface area contributed by atoms with E-state index >= 15 is 0 Å². The van der Waals surface area contributed by atoms with Gasteiger partial charge in [-0.2, -0.15) is 0 Å². The minimum absolute atomic E-state index is 0. The standard InChI is InChI=1S/C20H31N5S.HI/c1-6-25(7-2)14-18-10-8-17(9-11-18)12-22-20(21-5)23-13-19-24-15(3)16(4)26-19;/h8-11H,6-7,12-14H2,1-5H3,(H2,21,22,23);1H. The molecule has 27 heavy (non-hydrogen) atoms. The monoisotopic (exact) mass is 501 g/mol. The van der Waals surface area contributed by atoms with E-state index in [1.165, 1.54) is 16.0 Å². The third-order valence-corrected chi connectivity index (χ3v) is 5.56. The van der Waals surface area contributed by atoms with Gasteiger partial charge in [-0.05, 0) is 38.1 Å². The van der Waals surface area contributed by atoms with Gasteiger partial charge in [0, 0.05) is 25.0 Å². The summed E-state index contributed by atoms with van der Waals surface area (Å²) in [6.07, 6.45) is 0. The van der Waals surface area contributed by atoms with Crippen LogP contribution in [0, 0.1) is 13.8 Å². The number of halogens is 1. The quantitative estimate of drug-likeness (QED) is 0.325. The molecule has 0 radical (unpaired) electrons. The maximum atomic E-state index is 4.55. The maximum Gasteiger partial charge on any atom is 0.191 e. The molecule has 0 aliphatic heterocycles. The van der Waals surface area contributed by atoms with E-state index < -0.39 is 0 Å². The van der Waals surface area contributed by atoms with Crippen LogP contribution in [0.2, 0.25) is 0 Å². The summed E-state index contributed by atoms with van der Waals surface area (Å²) in [5, 5.41) is 7.78. The van der Waals surface area contributed by atoms with Crippen molar-refractivity contribution in [1.29, 1.82) is 0 Å². The molecule has 1 aromatic carbocycles. The second-order valence-corrected chi connectivity index (χ2v) is 7.59. The summed E-state index contributed by atoms with van der Waals surface area (Å²) in [7, 11) is 1.79. The molecule has 1 heterocycles. The van der Waals surface area contributed by atoms with Gasteiger partial charge in [0.25, 0.3) is 0 Å². The van der Waals surface area contributed by atoms with Crippen LogP contribution >= 0.6 is 35.3 Å². The van der Waals surface area contributed by atoms with Crippen LogP contribution in [0.4, 0.5) is 0 Å². The average molecular weight is 501 g/mol. The molecule has 0 spiro atoms. The molecule has 2 rings (SSSR count). The van der Waals surface area contributed by atoms with Crippen LogP contribution in [-0.2, 0) is 19.6 Å². The number of hydrogen-bond donors (Lipinski definition) is 2.